The Morgan fingerprint density at radius 3 is 1.28 bits per heavy atom. The molecular formula is C41H24N4O2. The molecule has 0 bridgehead atoms. The number of rotatable bonds is 4. The first kappa shape index (κ1) is 26.8. The van der Waals surface area contributed by atoms with E-state index in [1.54, 1.807) is 12.1 Å². The number of fused-ring (bicyclic) bond motifs is 4. The number of hydrogen-bond donors (Lipinski definition) is 0. The Balaban J connectivity index is 1.37. The third-order valence-corrected chi connectivity index (χ3v) is 8.81. The van der Waals surface area contributed by atoms with Gasteiger partial charge in [-0.3, -0.25) is 9.59 Å². The third-order valence-electron chi connectivity index (χ3n) is 8.81. The second kappa shape index (κ2) is 10.5. The van der Waals surface area contributed by atoms with Crippen molar-refractivity contribution in [1.82, 2.24) is 19.4 Å². The van der Waals surface area contributed by atoms with E-state index >= 15 is 0 Å². The highest BCUT2D eigenvalue weighted by Crippen LogP contribution is 2.38. The van der Waals surface area contributed by atoms with E-state index in [1.165, 1.54) is 4.40 Å². The molecule has 0 fully saturated rings. The zero-order chi connectivity index (χ0) is 31.5. The van der Waals surface area contributed by atoms with Crippen LogP contribution < -0.4 is 11.1 Å². The summed E-state index contributed by atoms with van der Waals surface area (Å²) in [5.41, 5.74) is 4.48. The van der Waals surface area contributed by atoms with Crippen molar-refractivity contribution in [1.29, 1.82) is 0 Å². The minimum absolute atomic E-state index is 0.311. The van der Waals surface area contributed by atoms with Gasteiger partial charge in [0.2, 0.25) is 0 Å². The van der Waals surface area contributed by atoms with Gasteiger partial charge in [-0.05, 0) is 46.2 Å². The fourth-order valence-electron chi connectivity index (χ4n) is 6.65. The summed E-state index contributed by atoms with van der Waals surface area (Å²) < 4.78 is 1.34. The lowest BCUT2D eigenvalue weighted by molar-refractivity contribution is 1.07. The summed E-state index contributed by atoms with van der Waals surface area (Å²) in [5.74, 6) is 1.72. The van der Waals surface area contributed by atoms with E-state index in [0.29, 0.717) is 33.8 Å². The summed E-state index contributed by atoms with van der Waals surface area (Å²) in [5, 5.41) is 4.26. The summed E-state index contributed by atoms with van der Waals surface area (Å²) in [6, 6.07) is 47.1. The van der Waals surface area contributed by atoms with Gasteiger partial charge in [-0.15, -0.1) is 0 Å². The van der Waals surface area contributed by atoms with Crippen molar-refractivity contribution in [2.45, 2.75) is 0 Å². The van der Waals surface area contributed by atoms with Crippen LogP contribution in [0.3, 0.4) is 0 Å². The second-order valence-electron chi connectivity index (χ2n) is 11.5. The molecule has 0 radical (unpaired) electrons. The van der Waals surface area contributed by atoms with Gasteiger partial charge in [-0.25, -0.2) is 19.4 Å². The van der Waals surface area contributed by atoms with Crippen molar-refractivity contribution in [3.63, 3.8) is 0 Å². The molecule has 6 heteroatoms. The molecule has 0 amide bonds. The maximum absolute atomic E-state index is 13.8. The number of nitrogens with zero attached hydrogens (tertiary/aromatic N) is 4. The molecule has 6 nitrogen and oxygen atoms in total. The Morgan fingerprint density at radius 1 is 0.362 bits per heavy atom. The van der Waals surface area contributed by atoms with Gasteiger partial charge >= 0.3 is 0 Å². The maximum Gasteiger partial charge on any atom is 0.266 e. The molecular weight excluding hydrogens is 580 g/mol. The standard InChI is InChI=1S/C41H24N4O2/c46-40-32-21-11-8-18-29(32)34-23-27(24-35-30-19-9-12-22-33(30)41(47)45(40)36(34)35)28-17-7-10-20-31(28)39-43-37(25-13-3-1-4-14-25)42-38(44-39)26-15-5-2-6-16-26/h1-24H. The summed E-state index contributed by atoms with van der Waals surface area (Å²) in [6.45, 7) is 0. The minimum Gasteiger partial charge on any atom is -0.268 e. The Bertz CT molecular complexity index is 2620. The second-order valence-corrected chi connectivity index (χ2v) is 11.5. The zero-order valence-electron chi connectivity index (χ0n) is 25.0. The van der Waals surface area contributed by atoms with Crippen LogP contribution in [0, 0.1) is 0 Å². The van der Waals surface area contributed by atoms with E-state index < -0.39 is 0 Å². The van der Waals surface area contributed by atoms with Crippen LogP contribution in [0.5, 0.6) is 0 Å². The fraction of sp³-hybridized carbons (Fsp3) is 0. The molecule has 6 aromatic carbocycles. The van der Waals surface area contributed by atoms with Crippen molar-refractivity contribution in [3.05, 3.63) is 166 Å². The first-order valence-corrected chi connectivity index (χ1v) is 15.4. The van der Waals surface area contributed by atoms with E-state index in [9.17, 15) is 9.59 Å². The van der Waals surface area contributed by atoms with E-state index in [0.717, 1.165) is 49.4 Å². The first-order chi connectivity index (χ1) is 23.2. The van der Waals surface area contributed by atoms with Gasteiger partial charge in [0.05, 0.1) is 5.52 Å². The molecule has 0 spiro atoms. The van der Waals surface area contributed by atoms with Crippen LogP contribution in [0.1, 0.15) is 0 Å². The Morgan fingerprint density at radius 2 is 0.766 bits per heavy atom. The van der Waals surface area contributed by atoms with Gasteiger partial charge in [0, 0.05) is 38.2 Å². The van der Waals surface area contributed by atoms with Crippen molar-refractivity contribution in [2.75, 3.05) is 0 Å². The average molecular weight is 605 g/mol. The highest BCUT2D eigenvalue weighted by molar-refractivity contribution is 6.19. The highest BCUT2D eigenvalue weighted by Gasteiger charge is 2.20. The number of aromatic nitrogens is 4. The quantitative estimate of drug-likeness (QED) is 0.149. The molecule has 0 N–H and O–H groups in total. The molecule has 47 heavy (non-hydrogen) atoms. The number of pyridine rings is 2. The van der Waals surface area contributed by atoms with Crippen molar-refractivity contribution < 1.29 is 0 Å². The molecule has 9 rings (SSSR count). The lowest BCUT2D eigenvalue weighted by atomic mass is 9.92. The predicted octanol–water partition coefficient (Wildman–Crippen LogP) is 8.41. The Kier molecular flexibility index (Phi) is 6.01. The van der Waals surface area contributed by atoms with E-state index in [1.807, 2.05) is 115 Å². The van der Waals surface area contributed by atoms with Gasteiger partial charge in [0.1, 0.15) is 0 Å². The van der Waals surface area contributed by atoms with Gasteiger partial charge in [-0.1, -0.05) is 121 Å². The van der Waals surface area contributed by atoms with Crippen molar-refractivity contribution in [3.8, 4) is 45.3 Å². The topological polar surface area (TPSA) is 77.2 Å². The van der Waals surface area contributed by atoms with Gasteiger partial charge < -0.3 is 0 Å². The largest absolute Gasteiger partial charge is 0.268 e. The minimum atomic E-state index is -0.311. The molecule has 3 aromatic heterocycles. The number of hydrogen-bond acceptors (Lipinski definition) is 5. The molecule has 220 valence electrons. The summed E-state index contributed by atoms with van der Waals surface area (Å²) in [6.07, 6.45) is 0. The number of benzene rings is 6. The van der Waals surface area contributed by atoms with Crippen LogP contribution in [0.4, 0.5) is 0 Å². The highest BCUT2D eigenvalue weighted by atomic mass is 16.2. The van der Waals surface area contributed by atoms with Crippen LogP contribution in [0.25, 0.3) is 83.1 Å². The SMILES string of the molecule is O=c1c2ccccc2c2cc(-c3ccccc3-c3nc(-c4ccccc4)nc(-c4ccccc4)n3)cc3c4ccccc4c(=O)n1c23. The van der Waals surface area contributed by atoms with Gasteiger partial charge in [-0.2, -0.15) is 0 Å². The Labute approximate surface area is 268 Å². The predicted molar refractivity (Wildman–Crippen MR) is 189 cm³/mol. The third kappa shape index (κ3) is 4.23. The van der Waals surface area contributed by atoms with Crippen LogP contribution in [-0.2, 0) is 0 Å². The molecule has 3 heterocycles. The average Bonchev–Trinajstić information content (AvgIpc) is 3.15. The lowest BCUT2D eigenvalue weighted by Gasteiger charge is -2.16. The van der Waals surface area contributed by atoms with Crippen LogP contribution >= 0.6 is 0 Å². The zero-order valence-corrected chi connectivity index (χ0v) is 25.0. The van der Waals surface area contributed by atoms with Crippen LogP contribution in [0.2, 0.25) is 0 Å². The molecule has 0 saturated heterocycles. The molecule has 0 saturated carbocycles. The smallest absolute Gasteiger partial charge is 0.266 e. The van der Waals surface area contributed by atoms with Gasteiger partial charge in [0.15, 0.2) is 17.5 Å². The lowest BCUT2D eigenvalue weighted by Crippen LogP contribution is -2.27. The molecule has 0 unspecified atom stereocenters. The molecule has 0 aliphatic carbocycles. The van der Waals surface area contributed by atoms with E-state index in [4.69, 9.17) is 15.0 Å². The first-order valence-electron chi connectivity index (χ1n) is 15.4. The molecule has 0 atom stereocenters. The monoisotopic (exact) mass is 604 g/mol. The Hall–Kier alpha value is -6.53. The maximum atomic E-state index is 13.8. The van der Waals surface area contributed by atoms with Crippen LogP contribution in [-0.4, -0.2) is 19.4 Å². The summed E-state index contributed by atoms with van der Waals surface area (Å²) in [7, 11) is 0. The van der Waals surface area contributed by atoms with Gasteiger partial charge in [0.25, 0.3) is 11.1 Å². The normalized spacial score (nSPS) is 11.6. The molecule has 0 aliphatic heterocycles. The summed E-state index contributed by atoms with van der Waals surface area (Å²) in [4.78, 5) is 42.5. The van der Waals surface area contributed by atoms with E-state index in [-0.39, 0.29) is 11.1 Å². The van der Waals surface area contributed by atoms with Crippen molar-refractivity contribution in [2.24, 2.45) is 0 Å². The molecule has 9 aromatic rings. The summed E-state index contributed by atoms with van der Waals surface area (Å²) >= 11 is 0. The molecule has 0 aliphatic rings. The van der Waals surface area contributed by atoms with Crippen LogP contribution in [0.15, 0.2) is 155 Å². The van der Waals surface area contributed by atoms with E-state index in [2.05, 4.69) is 18.2 Å². The van der Waals surface area contributed by atoms with Crippen molar-refractivity contribution >= 4 is 37.8 Å². The fourth-order valence-corrected chi connectivity index (χ4v) is 6.65.